The number of rotatable bonds is 6. The fourth-order valence-corrected chi connectivity index (χ4v) is 4.25. The van der Waals surface area contributed by atoms with Crippen LogP contribution in [0, 0.1) is 23.7 Å². The molecule has 0 fully saturated rings. The molecule has 1 aliphatic heterocycles. The number of ether oxygens (including phenoxy) is 3. The van der Waals surface area contributed by atoms with Gasteiger partial charge in [0.05, 0.1) is 7.11 Å². The summed E-state index contributed by atoms with van der Waals surface area (Å²) in [6.45, 7) is 13.6. The van der Waals surface area contributed by atoms with Crippen LogP contribution in [0.25, 0.3) is 0 Å². The molecule has 182 valence electrons. The van der Waals surface area contributed by atoms with Gasteiger partial charge >= 0.3 is 5.97 Å². The largest absolute Gasteiger partial charge is 0.490 e. The first kappa shape index (κ1) is 28.2. The highest BCUT2D eigenvalue weighted by molar-refractivity contribution is 5.87. The van der Waals surface area contributed by atoms with Crippen molar-refractivity contribution in [2.75, 3.05) is 20.8 Å². The number of esters is 1. The summed E-state index contributed by atoms with van der Waals surface area (Å²) in [5.74, 6) is 1.20. The number of allylic oxidation sites excluding steroid dienone is 6. The molecule has 5 nitrogen and oxygen atoms in total. The third-order valence-electron chi connectivity index (χ3n) is 6.62. The number of carbonyl (C=O) groups excluding carboxylic acids is 1. The van der Waals surface area contributed by atoms with Crippen molar-refractivity contribution in [3.8, 4) is 0 Å². The molecule has 0 aromatic carbocycles. The molecular weight excluding hydrogens is 402 g/mol. The van der Waals surface area contributed by atoms with Gasteiger partial charge in [-0.15, -0.1) is 0 Å². The van der Waals surface area contributed by atoms with Gasteiger partial charge in [-0.25, -0.2) is 4.79 Å². The van der Waals surface area contributed by atoms with Crippen LogP contribution < -0.4 is 5.73 Å². The van der Waals surface area contributed by atoms with Crippen LogP contribution in [0.15, 0.2) is 47.3 Å². The molecule has 5 heteroatoms. The summed E-state index contributed by atoms with van der Waals surface area (Å²) < 4.78 is 17.1. The van der Waals surface area contributed by atoms with Crippen LogP contribution in [0.2, 0.25) is 0 Å². The van der Waals surface area contributed by atoms with Gasteiger partial charge in [0.15, 0.2) is 0 Å². The molecule has 1 rings (SSSR count). The van der Waals surface area contributed by atoms with E-state index in [1.165, 1.54) is 12.7 Å². The molecule has 0 spiro atoms. The van der Waals surface area contributed by atoms with Crippen molar-refractivity contribution in [2.45, 2.75) is 73.0 Å². The second-order valence-electron chi connectivity index (χ2n) is 9.40. The first-order valence-corrected chi connectivity index (χ1v) is 11.9. The van der Waals surface area contributed by atoms with Crippen LogP contribution in [0.5, 0.6) is 0 Å². The molecule has 6 atom stereocenters. The lowest BCUT2D eigenvalue weighted by atomic mass is 9.81. The summed E-state index contributed by atoms with van der Waals surface area (Å²) in [7, 11) is 3.15. The highest BCUT2D eigenvalue weighted by atomic mass is 16.6. The molecule has 1 heterocycles. The van der Waals surface area contributed by atoms with Gasteiger partial charge in [0, 0.05) is 7.11 Å². The minimum atomic E-state index is -0.479. The highest BCUT2D eigenvalue weighted by Gasteiger charge is 2.30. The number of nitrogens with two attached hydrogens (primary N) is 1. The Morgan fingerprint density at radius 1 is 1.22 bits per heavy atom. The molecule has 0 aliphatic carbocycles. The fourth-order valence-electron chi connectivity index (χ4n) is 4.25. The van der Waals surface area contributed by atoms with Gasteiger partial charge in [-0.05, 0) is 69.4 Å². The van der Waals surface area contributed by atoms with Crippen LogP contribution >= 0.6 is 0 Å². The summed E-state index contributed by atoms with van der Waals surface area (Å²) in [6.07, 6.45) is 12.0. The maximum absolute atomic E-state index is 13.0. The summed E-state index contributed by atoms with van der Waals surface area (Å²) in [5.41, 5.74) is 8.02. The van der Waals surface area contributed by atoms with Gasteiger partial charge in [0.25, 0.3) is 0 Å². The van der Waals surface area contributed by atoms with Crippen molar-refractivity contribution in [1.29, 1.82) is 0 Å². The van der Waals surface area contributed by atoms with E-state index >= 15 is 0 Å². The van der Waals surface area contributed by atoms with E-state index in [4.69, 9.17) is 19.9 Å². The SMILES string of the molecule is CO/C1=C\C(C)=C\[C@@H](C)[C@@H](C)[C@@H](C)C/C(C)=C/C=C/[C@H](OC)C([C@@H](C)CCCN)OC1=O. The van der Waals surface area contributed by atoms with E-state index in [-0.39, 0.29) is 17.8 Å². The summed E-state index contributed by atoms with van der Waals surface area (Å²) >= 11 is 0. The Bertz CT molecular complexity index is 706. The Balaban J connectivity index is 3.41. The van der Waals surface area contributed by atoms with E-state index in [2.05, 4.69) is 46.8 Å². The van der Waals surface area contributed by atoms with Gasteiger partial charge in [-0.1, -0.05) is 63.1 Å². The fraction of sp³-hybridized carbons (Fsp3) is 0.667. The number of hydrogen-bond acceptors (Lipinski definition) is 5. The summed E-state index contributed by atoms with van der Waals surface area (Å²) in [4.78, 5) is 13.0. The van der Waals surface area contributed by atoms with Gasteiger partial charge in [-0.3, -0.25) is 0 Å². The zero-order valence-corrected chi connectivity index (χ0v) is 21.4. The average molecular weight is 448 g/mol. The van der Waals surface area contributed by atoms with Crippen molar-refractivity contribution >= 4 is 5.97 Å². The van der Waals surface area contributed by atoms with Crippen LogP contribution in [-0.4, -0.2) is 38.9 Å². The summed E-state index contributed by atoms with van der Waals surface area (Å²) in [5, 5.41) is 0. The molecule has 1 unspecified atom stereocenters. The predicted octanol–water partition coefficient (Wildman–Crippen LogP) is 5.58. The van der Waals surface area contributed by atoms with Crippen molar-refractivity contribution in [3.05, 3.63) is 47.3 Å². The molecule has 0 radical (unpaired) electrons. The van der Waals surface area contributed by atoms with Gasteiger partial charge in [-0.2, -0.15) is 0 Å². The lowest BCUT2D eigenvalue weighted by Crippen LogP contribution is -2.37. The summed E-state index contributed by atoms with van der Waals surface area (Å²) in [6, 6.07) is 0. The molecule has 0 saturated carbocycles. The normalized spacial score (nSPS) is 35.3. The molecule has 0 saturated heterocycles. The second kappa shape index (κ2) is 14.3. The van der Waals surface area contributed by atoms with E-state index in [1.807, 2.05) is 19.1 Å². The molecule has 0 amide bonds. The average Bonchev–Trinajstić information content (AvgIpc) is 2.75. The Kier molecular flexibility index (Phi) is 12.6. The first-order chi connectivity index (χ1) is 15.1. The molecular formula is C27H45NO4. The van der Waals surface area contributed by atoms with E-state index < -0.39 is 12.1 Å². The van der Waals surface area contributed by atoms with Crippen LogP contribution in [0.1, 0.15) is 60.8 Å². The molecule has 0 aromatic rings. The second-order valence-corrected chi connectivity index (χ2v) is 9.40. The smallest absolute Gasteiger partial charge is 0.373 e. The molecule has 2 N–H and O–H groups in total. The van der Waals surface area contributed by atoms with Gasteiger partial charge in [0.2, 0.25) is 5.76 Å². The van der Waals surface area contributed by atoms with Crippen LogP contribution in [0.3, 0.4) is 0 Å². The Hall–Kier alpha value is -1.85. The Morgan fingerprint density at radius 3 is 2.50 bits per heavy atom. The minimum Gasteiger partial charge on any atom is -0.490 e. The maximum Gasteiger partial charge on any atom is 0.373 e. The quantitative estimate of drug-likeness (QED) is 0.538. The lowest BCUT2D eigenvalue weighted by Gasteiger charge is -2.29. The van der Waals surface area contributed by atoms with E-state index in [0.29, 0.717) is 24.3 Å². The number of cyclic esters (lactones) is 1. The maximum atomic E-state index is 13.0. The number of hydrogen-bond donors (Lipinski definition) is 1. The topological polar surface area (TPSA) is 70.8 Å². The molecule has 0 aromatic heterocycles. The molecule has 32 heavy (non-hydrogen) atoms. The third kappa shape index (κ3) is 8.95. The van der Waals surface area contributed by atoms with Crippen LogP contribution in [0.4, 0.5) is 0 Å². The van der Waals surface area contributed by atoms with Crippen molar-refractivity contribution in [2.24, 2.45) is 29.4 Å². The van der Waals surface area contributed by atoms with E-state index in [9.17, 15) is 4.79 Å². The van der Waals surface area contributed by atoms with Crippen LogP contribution in [-0.2, 0) is 19.0 Å². The minimum absolute atomic E-state index is 0.0803. The number of methoxy groups -OCH3 is 2. The first-order valence-electron chi connectivity index (χ1n) is 11.9. The Morgan fingerprint density at radius 2 is 1.91 bits per heavy atom. The monoisotopic (exact) mass is 447 g/mol. The third-order valence-corrected chi connectivity index (χ3v) is 6.62. The Labute approximate surface area is 195 Å². The van der Waals surface area contributed by atoms with Crippen molar-refractivity contribution in [1.82, 2.24) is 0 Å². The van der Waals surface area contributed by atoms with Gasteiger partial charge < -0.3 is 19.9 Å². The van der Waals surface area contributed by atoms with E-state index in [1.54, 1.807) is 13.2 Å². The van der Waals surface area contributed by atoms with Crippen molar-refractivity contribution in [3.63, 3.8) is 0 Å². The van der Waals surface area contributed by atoms with Gasteiger partial charge in [0.1, 0.15) is 12.2 Å². The standard InChI is InChI=1S/C27H45NO4/c1-18-11-9-13-24(30-7)26(20(3)12-10-14-28)32-27(29)25(31-8)17-19(2)16-22(5)23(6)21(4)15-18/h9,11,13,16-17,20-24,26H,10,12,14-15,28H2,1-8H3/b13-9+,18-11+,19-16+,25-17-/t20-,21-,22+,23-,24-,26?/m0/s1. The predicted molar refractivity (Wildman–Crippen MR) is 132 cm³/mol. The zero-order valence-electron chi connectivity index (χ0n) is 21.4. The van der Waals surface area contributed by atoms with E-state index in [0.717, 1.165) is 24.8 Å². The molecule has 0 bridgehead atoms. The zero-order chi connectivity index (χ0) is 24.3. The highest BCUT2D eigenvalue weighted by Crippen LogP contribution is 2.28. The number of carbonyl (C=O) groups is 1. The molecule has 1 aliphatic rings. The van der Waals surface area contributed by atoms with Crippen molar-refractivity contribution < 1.29 is 19.0 Å². The lowest BCUT2D eigenvalue weighted by molar-refractivity contribution is -0.157.